The molecule has 2 rings (SSSR count). The number of nitrogens with zero attached hydrogens (tertiary/aromatic N) is 1. The fraction of sp³-hybridized carbons (Fsp3) is 0. The van der Waals surface area contributed by atoms with Gasteiger partial charge in [0.15, 0.2) is 5.13 Å². The van der Waals surface area contributed by atoms with Crippen LogP contribution in [0.2, 0.25) is 0 Å². The number of benzene rings is 1. The van der Waals surface area contributed by atoms with Crippen LogP contribution in [0.15, 0.2) is 23.6 Å². The molecule has 0 unspecified atom stereocenters. The lowest BCUT2D eigenvalue weighted by Gasteiger charge is -1.98. The highest BCUT2D eigenvalue weighted by atomic mass is 32.1. The Morgan fingerprint density at radius 1 is 1.36 bits per heavy atom. The van der Waals surface area contributed by atoms with Gasteiger partial charge in [0.2, 0.25) is 0 Å². The minimum Gasteiger partial charge on any atom is -0.508 e. The van der Waals surface area contributed by atoms with Crippen molar-refractivity contribution in [2.75, 3.05) is 5.73 Å². The zero-order valence-electron chi connectivity index (χ0n) is 7.07. The Bertz CT molecular complexity index is 449. The van der Waals surface area contributed by atoms with Crippen molar-refractivity contribution >= 4 is 16.5 Å². The molecule has 72 valence electrons. The monoisotopic (exact) mass is 210 g/mol. The molecule has 3 N–H and O–H groups in total. The molecule has 1 aromatic carbocycles. The number of hydrogen-bond donors (Lipinski definition) is 2. The summed E-state index contributed by atoms with van der Waals surface area (Å²) >= 11 is 1.27. The first-order valence-electron chi connectivity index (χ1n) is 3.86. The summed E-state index contributed by atoms with van der Waals surface area (Å²) in [5.41, 5.74) is 6.54. The molecule has 3 nitrogen and oxygen atoms in total. The van der Waals surface area contributed by atoms with Crippen LogP contribution in [0.1, 0.15) is 0 Å². The topological polar surface area (TPSA) is 59.1 Å². The van der Waals surface area contributed by atoms with Crippen LogP contribution in [0.5, 0.6) is 5.75 Å². The molecule has 0 bridgehead atoms. The second-order valence-electron chi connectivity index (χ2n) is 2.77. The van der Waals surface area contributed by atoms with Crippen molar-refractivity contribution in [1.82, 2.24) is 4.98 Å². The maximum Gasteiger partial charge on any atom is 0.180 e. The van der Waals surface area contributed by atoms with Crippen LogP contribution in [-0.2, 0) is 0 Å². The van der Waals surface area contributed by atoms with Gasteiger partial charge in [-0.15, -0.1) is 11.3 Å². The van der Waals surface area contributed by atoms with Crippen LogP contribution in [-0.4, -0.2) is 10.1 Å². The van der Waals surface area contributed by atoms with E-state index in [4.69, 9.17) is 10.8 Å². The van der Waals surface area contributed by atoms with E-state index in [0.717, 1.165) is 6.07 Å². The normalized spacial score (nSPS) is 10.4. The van der Waals surface area contributed by atoms with Crippen LogP contribution in [0.25, 0.3) is 11.3 Å². The molecule has 0 aliphatic rings. The summed E-state index contributed by atoms with van der Waals surface area (Å²) in [6.07, 6.45) is 0. The lowest BCUT2D eigenvalue weighted by atomic mass is 10.1. The lowest BCUT2D eigenvalue weighted by molar-refractivity contribution is 0.469. The van der Waals surface area contributed by atoms with Crippen molar-refractivity contribution in [3.05, 3.63) is 29.4 Å². The van der Waals surface area contributed by atoms with E-state index in [1.807, 2.05) is 0 Å². The molecule has 5 heteroatoms. The van der Waals surface area contributed by atoms with Gasteiger partial charge in [0.25, 0.3) is 0 Å². The summed E-state index contributed by atoms with van der Waals surface area (Å²) in [4.78, 5) is 3.98. The highest BCUT2D eigenvalue weighted by Crippen LogP contribution is 2.26. The van der Waals surface area contributed by atoms with Gasteiger partial charge >= 0.3 is 0 Å². The average molecular weight is 210 g/mol. The first-order valence-corrected chi connectivity index (χ1v) is 4.74. The maximum absolute atomic E-state index is 12.9. The number of aromatic hydroxyl groups is 1. The highest BCUT2D eigenvalue weighted by Gasteiger charge is 2.05. The van der Waals surface area contributed by atoms with E-state index in [-0.39, 0.29) is 5.75 Å². The fourth-order valence-electron chi connectivity index (χ4n) is 1.14. The third-order valence-electron chi connectivity index (χ3n) is 1.70. The Kier molecular flexibility index (Phi) is 2.09. The number of hydrogen-bond acceptors (Lipinski definition) is 4. The summed E-state index contributed by atoms with van der Waals surface area (Å²) in [6.45, 7) is 0. The minimum atomic E-state index is -0.494. The molecule has 2 aromatic rings. The molecule has 0 spiro atoms. The summed E-state index contributed by atoms with van der Waals surface area (Å²) in [5, 5.41) is 11.3. The quantitative estimate of drug-likeness (QED) is 0.758. The van der Waals surface area contributed by atoms with E-state index in [2.05, 4.69) is 4.98 Å². The van der Waals surface area contributed by atoms with Crippen molar-refractivity contribution in [2.24, 2.45) is 0 Å². The van der Waals surface area contributed by atoms with Gasteiger partial charge in [-0.25, -0.2) is 9.37 Å². The van der Waals surface area contributed by atoms with Crippen molar-refractivity contribution in [3.63, 3.8) is 0 Å². The third kappa shape index (κ3) is 1.67. The molecule has 1 aromatic heterocycles. The number of anilines is 1. The summed E-state index contributed by atoms with van der Waals surface area (Å²) < 4.78 is 12.9. The number of rotatable bonds is 1. The Morgan fingerprint density at radius 2 is 2.14 bits per heavy atom. The molecule has 0 aliphatic carbocycles. The van der Waals surface area contributed by atoms with Crippen LogP contribution in [0, 0.1) is 5.82 Å². The second-order valence-corrected chi connectivity index (χ2v) is 3.66. The van der Waals surface area contributed by atoms with Gasteiger partial charge < -0.3 is 10.8 Å². The second kappa shape index (κ2) is 3.26. The lowest BCUT2D eigenvalue weighted by Crippen LogP contribution is -1.84. The SMILES string of the molecule is Nc1nc(-c2cc(O)cc(F)c2)cs1. The number of phenolic OH excluding ortho intramolecular Hbond substituents is 1. The number of thiazole rings is 1. The van der Waals surface area contributed by atoms with Gasteiger partial charge in [0, 0.05) is 17.0 Å². The Labute approximate surface area is 83.6 Å². The molecule has 1 heterocycles. The molecule has 0 amide bonds. The van der Waals surface area contributed by atoms with Crippen molar-refractivity contribution in [3.8, 4) is 17.0 Å². The Hall–Kier alpha value is -1.62. The zero-order valence-corrected chi connectivity index (χ0v) is 7.88. The average Bonchev–Trinajstić information content (AvgIpc) is 2.50. The van der Waals surface area contributed by atoms with Gasteiger partial charge in [-0.2, -0.15) is 0 Å². The van der Waals surface area contributed by atoms with E-state index in [0.29, 0.717) is 16.4 Å². The van der Waals surface area contributed by atoms with Gasteiger partial charge in [-0.05, 0) is 12.1 Å². The Balaban J connectivity index is 2.51. The fourth-order valence-corrected chi connectivity index (χ4v) is 1.71. The smallest absolute Gasteiger partial charge is 0.180 e. The number of nitrogen functional groups attached to an aromatic ring is 1. The molecular weight excluding hydrogens is 203 g/mol. The van der Waals surface area contributed by atoms with E-state index in [1.165, 1.54) is 23.5 Å². The van der Waals surface area contributed by atoms with Crippen LogP contribution >= 0.6 is 11.3 Å². The zero-order chi connectivity index (χ0) is 10.1. The van der Waals surface area contributed by atoms with E-state index < -0.39 is 5.82 Å². The molecular formula is C9H7FN2OS. The van der Waals surface area contributed by atoms with Crippen molar-refractivity contribution in [2.45, 2.75) is 0 Å². The van der Waals surface area contributed by atoms with E-state index in [9.17, 15) is 4.39 Å². The van der Waals surface area contributed by atoms with Crippen molar-refractivity contribution in [1.29, 1.82) is 0 Å². The van der Waals surface area contributed by atoms with Crippen LogP contribution in [0.3, 0.4) is 0 Å². The number of halogens is 1. The molecule has 0 saturated heterocycles. The standard InChI is InChI=1S/C9H7FN2OS/c10-6-1-5(2-7(13)3-6)8-4-14-9(11)12-8/h1-4,13H,(H2,11,12). The third-order valence-corrected chi connectivity index (χ3v) is 2.37. The maximum atomic E-state index is 12.9. The molecule has 0 radical (unpaired) electrons. The van der Waals surface area contributed by atoms with Crippen molar-refractivity contribution < 1.29 is 9.50 Å². The number of nitrogens with two attached hydrogens (primary N) is 1. The predicted octanol–water partition coefficient (Wildman–Crippen LogP) is 2.24. The van der Waals surface area contributed by atoms with Gasteiger partial charge in [-0.1, -0.05) is 0 Å². The van der Waals surface area contributed by atoms with E-state index in [1.54, 1.807) is 5.38 Å². The van der Waals surface area contributed by atoms with Gasteiger partial charge in [0.1, 0.15) is 11.6 Å². The van der Waals surface area contributed by atoms with E-state index >= 15 is 0 Å². The largest absolute Gasteiger partial charge is 0.508 e. The first kappa shape index (κ1) is 8.96. The predicted molar refractivity (Wildman–Crippen MR) is 53.6 cm³/mol. The molecule has 14 heavy (non-hydrogen) atoms. The van der Waals surface area contributed by atoms with Crippen LogP contribution < -0.4 is 5.73 Å². The summed E-state index contributed by atoms with van der Waals surface area (Å²) in [7, 11) is 0. The molecule has 0 atom stereocenters. The number of aromatic nitrogens is 1. The number of phenols is 1. The molecule has 0 fully saturated rings. The summed E-state index contributed by atoms with van der Waals surface area (Å²) in [6, 6.07) is 3.78. The van der Waals surface area contributed by atoms with Gasteiger partial charge in [0.05, 0.1) is 5.69 Å². The van der Waals surface area contributed by atoms with Crippen LogP contribution in [0.4, 0.5) is 9.52 Å². The Morgan fingerprint density at radius 3 is 2.71 bits per heavy atom. The molecule has 0 aliphatic heterocycles. The molecule has 0 saturated carbocycles. The highest BCUT2D eigenvalue weighted by molar-refractivity contribution is 7.13. The summed E-state index contributed by atoms with van der Waals surface area (Å²) in [5.74, 6) is -0.613. The van der Waals surface area contributed by atoms with Gasteiger partial charge in [-0.3, -0.25) is 0 Å². The minimum absolute atomic E-state index is 0.119. The first-order chi connectivity index (χ1) is 6.65.